The van der Waals surface area contributed by atoms with Gasteiger partial charge in [0.2, 0.25) is 0 Å². The number of fused-ring (bicyclic) bond motifs is 10. The van der Waals surface area contributed by atoms with Gasteiger partial charge in [0.1, 0.15) is 0 Å². The van der Waals surface area contributed by atoms with Crippen molar-refractivity contribution >= 4 is 54.4 Å². The van der Waals surface area contributed by atoms with Crippen LogP contribution in [0.25, 0.3) is 105 Å². The van der Waals surface area contributed by atoms with Gasteiger partial charge < -0.3 is 4.57 Å². The van der Waals surface area contributed by atoms with Crippen molar-refractivity contribution in [3.8, 4) is 51.0 Å². The van der Waals surface area contributed by atoms with Crippen molar-refractivity contribution in [3.05, 3.63) is 182 Å². The second kappa shape index (κ2) is 12.5. The van der Waals surface area contributed by atoms with Gasteiger partial charge in [-0.3, -0.25) is 9.97 Å². The fraction of sp³-hybridized carbons (Fsp3) is 0. The van der Waals surface area contributed by atoms with E-state index in [4.69, 9.17) is 24.9 Å². The fourth-order valence-corrected chi connectivity index (χ4v) is 8.16. The van der Waals surface area contributed by atoms with E-state index in [-0.39, 0.29) is 0 Å². The van der Waals surface area contributed by atoms with E-state index in [1.165, 1.54) is 10.8 Å². The first-order valence-corrected chi connectivity index (χ1v) is 18.4. The molecular weight excluding hydrogens is 673 g/mol. The number of para-hydroxylation sites is 2. The predicted molar refractivity (Wildman–Crippen MR) is 224 cm³/mol. The molecular formula is C49H30N6. The van der Waals surface area contributed by atoms with Crippen LogP contribution in [-0.2, 0) is 0 Å². The molecule has 6 heteroatoms. The maximum Gasteiger partial charge on any atom is 0.164 e. The largest absolute Gasteiger partial charge is 0.308 e. The molecule has 11 rings (SSSR count). The van der Waals surface area contributed by atoms with E-state index in [9.17, 15) is 0 Å². The third-order valence-corrected chi connectivity index (χ3v) is 10.5. The maximum atomic E-state index is 5.14. The number of benzene rings is 8. The SMILES string of the molecule is c1ccc(-c2nc(-c3ccccc3)nc(-c3ccccc3-c3ccccc3-n3c4ccccc4c4ccc5c6nccnc6c6ccccc6c5c43)n2)cc1. The molecule has 0 saturated carbocycles. The van der Waals surface area contributed by atoms with Crippen molar-refractivity contribution < 1.29 is 0 Å². The summed E-state index contributed by atoms with van der Waals surface area (Å²) in [6.07, 6.45) is 3.57. The first-order valence-electron chi connectivity index (χ1n) is 18.4. The molecule has 0 amide bonds. The number of hydrogen-bond acceptors (Lipinski definition) is 5. The molecule has 0 radical (unpaired) electrons. The van der Waals surface area contributed by atoms with Crippen LogP contribution in [-0.4, -0.2) is 29.5 Å². The van der Waals surface area contributed by atoms with E-state index in [1.807, 2.05) is 60.7 Å². The Bertz CT molecular complexity index is 3170. The van der Waals surface area contributed by atoms with E-state index in [2.05, 4.69) is 114 Å². The first kappa shape index (κ1) is 31.0. The second-order valence-corrected chi connectivity index (χ2v) is 13.6. The average Bonchev–Trinajstić information content (AvgIpc) is 3.61. The lowest BCUT2D eigenvalue weighted by Crippen LogP contribution is -2.02. The summed E-state index contributed by atoms with van der Waals surface area (Å²) in [5.74, 6) is 1.87. The third-order valence-electron chi connectivity index (χ3n) is 10.5. The van der Waals surface area contributed by atoms with Gasteiger partial charge in [0.15, 0.2) is 17.5 Å². The van der Waals surface area contributed by atoms with Gasteiger partial charge in [-0.1, -0.05) is 158 Å². The minimum absolute atomic E-state index is 0.613. The van der Waals surface area contributed by atoms with E-state index in [1.54, 1.807) is 12.4 Å². The minimum atomic E-state index is 0.613. The highest BCUT2D eigenvalue weighted by Gasteiger charge is 2.23. The molecule has 8 aromatic carbocycles. The molecule has 3 heterocycles. The van der Waals surface area contributed by atoms with Crippen molar-refractivity contribution in [2.24, 2.45) is 0 Å². The van der Waals surface area contributed by atoms with Crippen LogP contribution in [0, 0.1) is 0 Å². The van der Waals surface area contributed by atoms with Gasteiger partial charge >= 0.3 is 0 Å². The summed E-state index contributed by atoms with van der Waals surface area (Å²) in [7, 11) is 0. The summed E-state index contributed by atoms with van der Waals surface area (Å²) in [6, 6.07) is 59.0. The van der Waals surface area contributed by atoms with Crippen LogP contribution >= 0.6 is 0 Å². The number of hydrogen-bond donors (Lipinski definition) is 0. The third kappa shape index (κ3) is 4.92. The molecule has 0 atom stereocenters. The molecule has 3 aromatic heterocycles. The van der Waals surface area contributed by atoms with Crippen LogP contribution in [0.5, 0.6) is 0 Å². The summed E-state index contributed by atoms with van der Waals surface area (Å²) in [4.78, 5) is 25.0. The summed E-state index contributed by atoms with van der Waals surface area (Å²) in [6.45, 7) is 0. The molecule has 256 valence electrons. The highest BCUT2D eigenvalue weighted by atomic mass is 15.0. The lowest BCUT2D eigenvalue weighted by Gasteiger charge is -2.18. The number of aromatic nitrogens is 6. The van der Waals surface area contributed by atoms with Crippen molar-refractivity contribution in [3.63, 3.8) is 0 Å². The molecule has 55 heavy (non-hydrogen) atoms. The Morgan fingerprint density at radius 2 is 0.855 bits per heavy atom. The monoisotopic (exact) mass is 702 g/mol. The van der Waals surface area contributed by atoms with Gasteiger partial charge in [-0.15, -0.1) is 0 Å². The van der Waals surface area contributed by atoms with Gasteiger partial charge in [-0.2, -0.15) is 0 Å². The summed E-state index contributed by atoms with van der Waals surface area (Å²) < 4.78 is 2.44. The van der Waals surface area contributed by atoms with Crippen LogP contribution in [0.15, 0.2) is 182 Å². The molecule has 0 aliphatic rings. The standard InChI is InChI=1S/C49H30N6/c1-3-15-31(16-4-1)47-52-48(32-17-5-2-6-18-32)54-49(53-47)39-24-10-7-19-33(39)34-20-11-13-25-41(34)55-42-26-14-12-21-35(42)38-27-28-40-43(46(38)55)36-22-8-9-23-37(36)44-45(40)51-30-29-50-44/h1-30H. The zero-order chi connectivity index (χ0) is 36.3. The maximum absolute atomic E-state index is 5.14. The molecule has 11 aromatic rings. The second-order valence-electron chi connectivity index (χ2n) is 13.6. The Hall–Kier alpha value is -7.57. The highest BCUT2D eigenvalue weighted by Crippen LogP contribution is 2.44. The zero-order valence-corrected chi connectivity index (χ0v) is 29.5. The lowest BCUT2D eigenvalue weighted by atomic mass is 9.96. The summed E-state index contributed by atoms with van der Waals surface area (Å²) in [5, 5.41) is 6.81. The van der Waals surface area contributed by atoms with Crippen molar-refractivity contribution in [1.29, 1.82) is 0 Å². The normalized spacial score (nSPS) is 11.6. The number of rotatable bonds is 5. The molecule has 0 fully saturated rings. The van der Waals surface area contributed by atoms with Gasteiger partial charge in [0, 0.05) is 61.6 Å². The highest BCUT2D eigenvalue weighted by molar-refractivity contribution is 6.32. The van der Waals surface area contributed by atoms with E-state index >= 15 is 0 Å². The van der Waals surface area contributed by atoms with Crippen LogP contribution in [0.1, 0.15) is 0 Å². The minimum Gasteiger partial charge on any atom is -0.308 e. The van der Waals surface area contributed by atoms with E-state index in [0.29, 0.717) is 17.5 Å². The quantitative estimate of drug-likeness (QED) is 0.167. The van der Waals surface area contributed by atoms with Crippen molar-refractivity contribution in [2.45, 2.75) is 0 Å². The molecule has 0 spiro atoms. The molecule has 0 bridgehead atoms. The van der Waals surface area contributed by atoms with Crippen LogP contribution in [0.2, 0.25) is 0 Å². The van der Waals surface area contributed by atoms with E-state index < -0.39 is 0 Å². The predicted octanol–water partition coefficient (Wildman–Crippen LogP) is 11.9. The van der Waals surface area contributed by atoms with Crippen LogP contribution < -0.4 is 0 Å². The summed E-state index contributed by atoms with van der Waals surface area (Å²) >= 11 is 0. The smallest absolute Gasteiger partial charge is 0.164 e. The van der Waals surface area contributed by atoms with Gasteiger partial charge in [-0.05, 0) is 23.1 Å². The van der Waals surface area contributed by atoms with Crippen LogP contribution in [0.4, 0.5) is 0 Å². The Labute approximate surface area is 316 Å². The van der Waals surface area contributed by atoms with Gasteiger partial charge in [0.05, 0.1) is 27.8 Å². The van der Waals surface area contributed by atoms with Crippen LogP contribution in [0.3, 0.4) is 0 Å². The summed E-state index contributed by atoms with van der Waals surface area (Å²) in [5.41, 5.74) is 9.98. The topological polar surface area (TPSA) is 69.4 Å². The molecule has 0 N–H and O–H groups in total. The molecule has 0 aliphatic heterocycles. The molecule has 0 aliphatic carbocycles. The van der Waals surface area contributed by atoms with Gasteiger partial charge in [-0.25, -0.2) is 15.0 Å². The Kier molecular flexibility index (Phi) is 7.07. The fourth-order valence-electron chi connectivity index (χ4n) is 8.16. The Balaban J connectivity index is 1.22. The number of nitrogens with zero attached hydrogens (tertiary/aromatic N) is 6. The van der Waals surface area contributed by atoms with Gasteiger partial charge in [0.25, 0.3) is 0 Å². The van der Waals surface area contributed by atoms with Crippen molar-refractivity contribution in [2.75, 3.05) is 0 Å². The Morgan fingerprint density at radius 1 is 0.345 bits per heavy atom. The van der Waals surface area contributed by atoms with Crippen molar-refractivity contribution in [1.82, 2.24) is 29.5 Å². The molecule has 6 nitrogen and oxygen atoms in total. The molecule has 0 saturated heterocycles. The molecule has 0 unspecified atom stereocenters. The van der Waals surface area contributed by atoms with E-state index in [0.717, 1.165) is 77.1 Å². The lowest BCUT2D eigenvalue weighted by molar-refractivity contribution is 1.07. The average molecular weight is 703 g/mol. The first-order chi connectivity index (χ1) is 27.3. The Morgan fingerprint density at radius 3 is 1.56 bits per heavy atom. The zero-order valence-electron chi connectivity index (χ0n) is 29.5.